The number of aryl methyl sites for hydroxylation is 1. The Kier molecular flexibility index (Phi) is 5.04. The van der Waals surface area contributed by atoms with E-state index in [9.17, 15) is 9.59 Å². The first-order valence-corrected chi connectivity index (χ1v) is 7.30. The molecule has 3 N–H and O–H groups in total. The third-order valence-corrected chi connectivity index (χ3v) is 3.55. The minimum Gasteiger partial charge on any atom is -0.377 e. The lowest BCUT2D eigenvalue weighted by atomic mass is 10.0. The maximum atomic E-state index is 11.2. The summed E-state index contributed by atoms with van der Waals surface area (Å²) in [4.78, 5) is 29.2. The fourth-order valence-electron chi connectivity index (χ4n) is 2.48. The predicted octanol–water partition coefficient (Wildman–Crippen LogP) is 1.48. The molecule has 0 aliphatic carbocycles. The molecule has 1 aromatic carbocycles. The van der Waals surface area contributed by atoms with E-state index in [2.05, 4.69) is 45.3 Å². The maximum absolute atomic E-state index is 11.2. The van der Waals surface area contributed by atoms with Gasteiger partial charge in [0.15, 0.2) is 0 Å². The number of anilines is 2. The van der Waals surface area contributed by atoms with Crippen LogP contribution in [0.3, 0.4) is 0 Å². The smallest absolute Gasteiger partial charge is 0.327 e. The fraction of sp³-hybridized carbons (Fsp3) is 0.375. The Morgan fingerprint density at radius 3 is 2.64 bits per heavy atom. The highest BCUT2D eigenvalue weighted by atomic mass is 16.2. The van der Waals surface area contributed by atoms with Crippen LogP contribution in [0.25, 0.3) is 0 Å². The molecule has 0 saturated carbocycles. The second-order valence-electron chi connectivity index (χ2n) is 5.50. The molecular formula is C16H22N4O2. The lowest BCUT2D eigenvalue weighted by Crippen LogP contribution is -2.23. The van der Waals surface area contributed by atoms with E-state index in [1.165, 1.54) is 22.9 Å². The lowest BCUT2D eigenvalue weighted by Gasteiger charge is -2.19. The number of hydrogen-bond acceptors (Lipinski definition) is 4. The molecule has 1 aromatic heterocycles. The molecule has 2 aromatic rings. The molecule has 0 radical (unpaired) electrons. The quantitative estimate of drug-likeness (QED) is 0.706. The van der Waals surface area contributed by atoms with Crippen LogP contribution in [-0.4, -0.2) is 30.6 Å². The molecule has 0 unspecified atom stereocenters. The standard InChI is InChI=1S/C16H22N4O2/c1-11-6-4-8-13(20(2)3)12(11)7-5-9-17-14-10-15(21)19-16(22)18-14/h4,6,8,10H,5,7,9H2,1-3H3,(H3,17,18,19,21,22). The van der Waals surface area contributed by atoms with Crippen molar-refractivity contribution in [2.24, 2.45) is 0 Å². The molecule has 0 aliphatic rings. The summed E-state index contributed by atoms with van der Waals surface area (Å²) in [6, 6.07) is 7.64. The molecular weight excluding hydrogens is 280 g/mol. The van der Waals surface area contributed by atoms with Gasteiger partial charge in [0.25, 0.3) is 5.56 Å². The van der Waals surface area contributed by atoms with Crippen molar-refractivity contribution in [3.63, 3.8) is 0 Å². The number of nitrogens with zero attached hydrogens (tertiary/aromatic N) is 1. The average Bonchev–Trinajstić information content (AvgIpc) is 2.43. The van der Waals surface area contributed by atoms with E-state index in [1.807, 2.05) is 14.1 Å². The molecule has 0 spiro atoms. The van der Waals surface area contributed by atoms with Crippen LogP contribution in [0.5, 0.6) is 0 Å². The summed E-state index contributed by atoms with van der Waals surface area (Å²) in [5.74, 6) is 0.450. The van der Waals surface area contributed by atoms with Gasteiger partial charge in [0.1, 0.15) is 5.82 Å². The molecule has 0 saturated heterocycles. The van der Waals surface area contributed by atoms with E-state index in [0.717, 1.165) is 12.8 Å². The third-order valence-electron chi connectivity index (χ3n) is 3.55. The molecule has 22 heavy (non-hydrogen) atoms. The second-order valence-corrected chi connectivity index (χ2v) is 5.50. The Hall–Kier alpha value is -2.50. The number of aromatic amines is 2. The molecule has 118 valence electrons. The Balaban J connectivity index is 1.97. The maximum Gasteiger partial charge on any atom is 0.327 e. The van der Waals surface area contributed by atoms with E-state index in [-0.39, 0.29) is 0 Å². The monoisotopic (exact) mass is 302 g/mol. The largest absolute Gasteiger partial charge is 0.377 e. The van der Waals surface area contributed by atoms with Crippen molar-refractivity contribution in [3.05, 3.63) is 56.2 Å². The van der Waals surface area contributed by atoms with Gasteiger partial charge in [0.05, 0.1) is 0 Å². The van der Waals surface area contributed by atoms with Crippen molar-refractivity contribution in [1.29, 1.82) is 0 Å². The number of rotatable bonds is 6. The molecule has 0 aliphatic heterocycles. The minimum atomic E-state index is -0.496. The van der Waals surface area contributed by atoms with Gasteiger partial charge in [-0.05, 0) is 37.0 Å². The van der Waals surface area contributed by atoms with Gasteiger partial charge in [0.2, 0.25) is 0 Å². The summed E-state index contributed by atoms with van der Waals surface area (Å²) < 4.78 is 0. The fourth-order valence-corrected chi connectivity index (χ4v) is 2.48. The summed E-state index contributed by atoms with van der Waals surface area (Å²) in [5.41, 5.74) is 2.93. The average molecular weight is 302 g/mol. The molecule has 0 amide bonds. The van der Waals surface area contributed by atoms with E-state index < -0.39 is 11.2 Å². The van der Waals surface area contributed by atoms with Crippen LogP contribution >= 0.6 is 0 Å². The van der Waals surface area contributed by atoms with Crippen LogP contribution in [-0.2, 0) is 6.42 Å². The highest BCUT2D eigenvalue weighted by Crippen LogP contribution is 2.23. The SMILES string of the molecule is Cc1cccc(N(C)C)c1CCCNc1cc(=O)[nH]c(=O)[nH]1. The van der Waals surface area contributed by atoms with Crippen molar-refractivity contribution in [2.45, 2.75) is 19.8 Å². The van der Waals surface area contributed by atoms with E-state index in [4.69, 9.17) is 0 Å². The van der Waals surface area contributed by atoms with Crippen LogP contribution in [0.1, 0.15) is 17.5 Å². The lowest BCUT2D eigenvalue weighted by molar-refractivity contribution is 0.845. The summed E-state index contributed by atoms with van der Waals surface area (Å²) in [6.45, 7) is 2.80. The van der Waals surface area contributed by atoms with Crippen molar-refractivity contribution >= 4 is 11.5 Å². The van der Waals surface area contributed by atoms with Gasteiger partial charge in [-0.2, -0.15) is 0 Å². The first-order chi connectivity index (χ1) is 10.5. The molecule has 2 rings (SSSR count). The Morgan fingerprint density at radius 2 is 1.95 bits per heavy atom. The Morgan fingerprint density at radius 1 is 1.18 bits per heavy atom. The van der Waals surface area contributed by atoms with E-state index in [1.54, 1.807) is 0 Å². The zero-order valence-corrected chi connectivity index (χ0v) is 13.2. The van der Waals surface area contributed by atoms with Gasteiger partial charge in [-0.3, -0.25) is 14.8 Å². The van der Waals surface area contributed by atoms with E-state index >= 15 is 0 Å². The van der Waals surface area contributed by atoms with Crippen LogP contribution in [0.2, 0.25) is 0 Å². The van der Waals surface area contributed by atoms with Gasteiger partial charge < -0.3 is 10.2 Å². The number of hydrogen-bond donors (Lipinski definition) is 3. The molecule has 6 nitrogen and oxygen atoms in total. The summed E-state index contributed by atoms with van der Waals surface area (Å²) in [7, 11) is 4.08. The molecule has 0 bridgehead atoms. The minimum absolute atomic E-state index is 0.403. The Labute approximate surface area is 129 Å². The number of H-pyrrole nitrogens is 2. The van der Waals surface area contributed by atoms with Crippen LogP contribution in [0, 0.1) is 6.92 Å². The van der Waals surface area contributed by atoms with Crippen molar-refractivity contribution in [1.82, 2.24) is 9.97 Å². The van der Waals surface area contributed by atoms with Crippen LogP contribution in [0.15, 0.2) is 33.9 Å². The predicted molar refractivity (Wildman–Crippen MR) is 90.0 cm³/mol. The van der Waals surface area contributed by atoms with Crippen molar-refractivity contribution < 1.29 is 0 Å². The highest BCUT2D eigenvalue weighted by Gasteiger charge is 2.07. The topological polar surface area (TPSA) is 81.0 Å². The summed E-state index contributed by atoms with van der Waals surface area (Å²) in [6.07, 6.45) is 1.83. The summed E-state index contributed by atoms with van der Waals surface area (Å²) >= 11 is 0. The Bertz CT molecular complexity index is 718. The third kappa shape index (κ3) is 4.00. The second kappa shape index (κ2) is 6.98. The molecule has 6 heteroatoms. The van der Waals surface area contributed by atoms with E-state index in [0.29, 0.717) is 12.4 Å². The van der Waals surface area contributed by atoms with Gasteiger partial charge >= 0.3 is 5.69 Å². The molecule has 1 heterocycles. The van der Waals surface area contributed by atoms with Crippen molar-refractivity contribution in [3.8, 4) is 0 Å². The first kappa shape index (κ1) is 15.9. The highest BCUT2D eigenvalue weighted by molar-refractivity contribution is 5.55. The van der Waals surface area contributed by atoms with Gasteiger partial charge in [0, 0.05) is 32.4 Å². The van der Waals surface area contributed by atoms with Crippen molar-refractivity contribution in [2.75, 3.05) is 30.9 Å². The molecule has 0 atom stereocenters. The van der Waals surface area contributed by atoms with Crippen LogP contribution < -0.4 is 21.5 Å². The van der Waals surface area contributed by atoms with Gasteiger partial charge in [-0.25, -0.2) is 4.79 Å². The zero-order chi connectivity index (χ0) is 16.1. The molecule has 0 fully saturated rings. The first-order valence-electron chi connectivity index (χ1n) is 7.30. The summed E-state index contributed by atoms with van der Waals surface area (Å²) in [5, 5.41) is 3.08. The normalized spacial score (nSPS) is 10.5. The van der Waals surface area contributed by atoms with Crippen LogP contribution in [0.4, 0.5) is 11.5 Å². The van der Waals surface area contributed by atoms with Gasteiger partial charge in [-0.1, -0.05) is 12.1 Å². The van der Waals surface area contributed by atoms with Gasteiger partial charge in [-0.15, -0.1) is 0 Å². The number of aromatic nitrogens is 2. The number of benzene rings is 1. The number of nitrogens with one attached hydrogen (secondary N) is 3. The zero-order valence-electron chi connectivity index (χ0n) is 13.2.